The van der Waals surface area contributed by atoms with Gasteiger partial charge in [-0.25, -0.2) is 4.79 Å². The van der Waals surface area contributed by atoms with Gasteiger partial charge in [-0.15, -0.1) is 0 Å². The SMILES string of the molecule is CC1(C(=O)O)OCC(C(C)(C)C)CO1. The van der Waals surface area contributed by atoms with Crippen LogP contribution in [0, 0.1) is 11.3 Å². The summed E-state index contributed by atoms with van der Waals surface area (Å²) in [4.78, 5) is 10.8. The first-order valence-electron chi connectivity index (χ1n) is 4.77. The van der Waals surface area contributed by atoms with Crippen LogP contribution in [0.4, 0.5) is 0 Å². The van der Waals surface area contributed by atoms with E-state index in [-0.39, 0.29) is 11.3 Å². The van der Waals surface area contributed by atoms with E-state index in [1.807, 2.05) is 0 Å². The Morgan fingerprint density at radius 3 is 2.07 bits per heavy atom. The van der Waals surface area contributed by atoms with Crippen LogP contribution in [0.2, 0.25) is 0 Å². The smallest absolute Gasteiger partial charge is 0.364 e. The van der Waals surface area contributed by atoms with Crippen LogP contribution < -0.4 is 0 Å². The number of carboxylic acids is 1. The van der Waals surface area contributed by atoms with Gasteiger partial charge in [-0.05, 0) is 5.41 Å². The van der Waals surface area contributed by atoms with Gasteiger partial charge >= 0.3 is 5.97 Å². The predicted octanol–water partition coefficient (Wildman–Crippen LogP) is 1.50. The van der Waals surface area contributed by atoms with Gasteiger partial charge in [-0.2, -0.15) is 0 Å². The predicted molar refractivity (Wildman–Crippen MR) is 50.9 cm³/mol. The van der Waals surface area contributed by atoms with E-state index in [0.717, 1.165) is 0 Å². The molecule has 1 aliphatic rings. The van der Waals surface area contributed by atoms with Crippen molar-refractivity contribution in [2.24, 2.45) is 11.3 Å². The number of ether oxygens (including phenoxy) is 2. The number of rotatable bonds is 1. The quantitative estimate of drug-likeness (QED) is 0.700. The highest BCUT2D eigenvalue weighted by atomic mass is 16.7. The Kier molecular flexibility index (Phi) is 2.88. The molecule has 1 heterocycles. The molecule has 1 aliphatic heterocycles. The van der Waals surface area contributed by atoms with Gasteiger partial charge in [0, 0.05) is 12.8 Å². The average molecular weight is 202 g/mol. The van der Waals surface area contributed by atoms with Gasteiger partial charge in [0.1, 0.15) is 0 Å². The highest BCUT2D eigenvalue weighted by molar-refractivity contribution is 5.75. The van der Waals surface area contributed by atoms with Gasteiger partial charge in [-0.1, -0.05) is 20.8 Å². The van der Waals surface area contributed by atoms with E-state index >= 15 is 0 Å². The van der Waals surface area contributed by atoms with Gasteiger partial charge < -0.3 is 14.6 Å². The van der Waals surface area contributed by atoms with Crippen molar-refractivity contribution in [2.45, 2.75) is 33.5 Å². The molecule has 0 atom stereocenters. The van der Waals surface area contributed by atoms with Crippen molar-refractivity contribution >= 4 is 5.97 Å². The van der Waals surface area contributed by atoms with Gasteiger partial charge in [0.05, 0.1) is 13.2 Å². The number of carbonyl (C=O) groups is 1. The molecule has 82 valence electrons. The summed E-state index contributed by atoms with van der Waals surface area (Å²) in [5, 5.41) is 8.84. The van der Waals surface area contributed by atoms with Gasteiger partial charge in [0.2, 0.25) is 0 Å². The molecule has 0 radical (unpaired) electrons. The summed E-state index contributed by atoms with van der Waals surface area (Å²) < 4.78 is 10.5. The van der Waals surface area contributed by atoms with Crippen LogP contribution in [0.1, 0.15) is 27.7 Å². The number of hydrogen-bond donors (Lipinski definition) is 1. The average Bonchev–Trinajstić information content (AvgIpc) is 2.03. The Bertz CT molecular complexity index is 221. The van der Waals surface area contributed by atoms with Gasteiger partial charge in [0.25, 0.3) is 5.79 Å². The molecule has 0 bridgehead atoms. The van der Waals surface area contributed by atoms with E-state index in [2.05, 4.69) is 20.8 Å². The van der Waals surface area contributed by atoms with Crippen molar-refractivity contribution in [1.82, 2.24) is 0 Å². The lowest BCUT2D eigenvalue weighted by Crippen LogP contribution is -2.50. The monoisotopic (exact) mass is 202 g/mol. The molecule has 4 nitrogen and oxygen atoms in total. The fourth-order valence-electron chi connectivity index (χ4n) is 1.23. The second-order valence-corrected chi connectivity index (χ2v) is 4.94. The second kappa shape index (κ2) is 3.51. The van der Waals surface area contributed by atoms with Crippen molar-refractivity contribution < 1.29 is 19.4 Å². The maximum atomic E-state index is 10.8. The third-order valence-electron chi connectivity index (χ3n) is 2.73. The van der Waals surface area contributed by atoms with Crippen LogP contribution in [-0.4, -0.2) is 30.1 Å². The summed E-state index contributed by atoms with van der Waals surface area (Å²) in [7, 11) is 0. The van der Waals surface area contributed by atoms with E-state index in [4.69, 9.17) is 14.6 Å². The molecule has 0 aliphatic carbocycles. The second-order valence-electron chi connectivity index (χ2n) is 4.94. The molecule has 14 heavy (non-hydrogen) atoms. The fourth-order valence-corrected chi connectivity index (χ4v) is 1.23. The molecule has 0 unspecified atom stereocenters. The zero-order chi connectivity index (χ0) is 11.0. The van der Waals surface area contributed by atoms with Crippen molar-refractivity contribution in [2.75, 3.05) is 13.2 Å². The summed E-state index contributed by atoms with van der Waals surface area (Å²) in [6, 6.07) is 0. The maximum Gasteiger partial charge on any atom is 0.364 e. The first-order chi connectivity index (χ1) is 6.26. The van der Waals surface area contributed by atoms with Gasteiger partial charge in [0.15, 0.2) is 0 Å². The Hall–Kier alpha value is -0.610. The van der Waals surface area contributed by atoms with Crippen molar-refractivity contribution in [3.05, 3.63) is 0 Å². The highest BCUT2D eigenvalue weighted by Gasteiger charge is 2.42. The highest BCUT2D eigenvalue weighted by Crippen LogP contribution is 2.32. The first-order valence-corrected chi connectivity index (χ1v) is 4.77. The summed E-state index contributed by atoms with van der Waals surface area (Å²) in [5.41, 5.74) is 0.0832. The van der Waals surface area contributed by atoms with Crippen LogP contribution in [0.15, 0.2) is 0 Å². The van der Waals surface area contributed by atoms with Gasteiger partial charge in [-0.3, -0.25) is 0 Å². The van der Waals surface area contributed by atoms with Crippen LogP contribution in [0.3, 0.4) is 0 Å². The van der Waals surface area contributed by atoms with Crippen LogP contribution in [-0.2, 0) is 14.3 Å². The molecule has 1 fully saturated rings. The minimum atomic E-state index is -1.46. The Labute approximate surface area is 84.2 Å². The Balaban J connectivity index is 2.59. The number of aliphatic carboxylic acids is 1. The van der Waals surface area contributed by atoms with Crippen molar-refractivity contribution in [3.63, 3.8) is 0 Å². The molecule has 1 saturated heterocycles. The maximum absolute atomic E-state index is 10.8. The molecule has 1 N–H and O–H groups in total. The third-order valence-corrected chi connectivity index (χ3v) is 2.73. The summed E-state index contributed by atoms with van der Waals surface area (Å²) in [6.45, 7) is 8.59. The van der Waals surface area contributed by atoms with E-state index < -0.39 is 11.8 Å². The third kappa shape index (κ3) is 2.25. The fraction of sp³-hybridized carbons (Fsp3) is 0.900. The molecular weight excluding hydrogens is 184 g/mol. The van der Waals surface area contributed by atoms with E-state index in [9.17, 15) is 4.79 Å². The van der Waals surface area contributed by atoms with Crippen LogP contribution in [0.25, 0.3) is 0 Å². The Morgan fingerprint density at radius 1 is 1.36 bits per heavy atom. The lowest BCUT2D eigenvalue weighted by atomic mass is 9.81. The van der Waals surface area contributed by atoms with E-state index in [0.29, 0.717) is 13.2 Å². The standard InChI is InChI=1S/C10H18O4/c1-9(2,3)7-5-13-10(4,8(11)12)14-6-7/h7H,5-6H2,1-4H3,(H,11,12). The molecule has 0 saturated carbocycles. The minimum Gasteiger partial charge on any atom is -0.477 e. The summed E-state index contributed by atoms with van der Waals surface area (Å²) in [5.74, 6) is -2.28. The minimum absolute atomic E-state index is 0.0832. The lowest BCUT2D eigenvalue weighted by Gasteiger charge is -2.39. The van der Waals surface area contributed by atoms with E-state index in [1.54, 1.807) is 0 Å². The lowest BCUT2D eigenvalue weighted by molar-refractivity contribution is -0.278. The Morgan fingerprint density at radius 2 is 1.79 bits per heavy atom. The molecule has 0 aromatic heterocycles. The molecule has 0 aromatic carbocycles. The zero-order valence-corrected chi connectivity index (χ0v) is 9.16. The zero-order valence-electron chi connectivity index (χ0n) is 9.16. The summed E-state index contributed by atoms with van der Waals surface area (Å²) in [6.07, 6.45) is 0. The normalized spacial score (nSPS) is 34.1. The van der Waals surface area contributed by atoms with E-state index in [1.165, 1.54) is 6.92 Å². The molecule has 4 heteroatoms. The molecule has 0 spiro atoms. The molecule has 1 rings (SSSR count). The molecular formula is C10H18O4. The largest absolute Gasteiger partial charge is 0.477 e. The molecule has 0 amide bonds. The van der Waals surface area contributed by atoms with Crippen molar-refractivity contribution in [1.29, 1.82) is 0 Å². The number of carboxylic acid groups (broad SMARTS) is 1. The van der Waals surface area contributed by atoms with Crippen LogP contribution in [0.5, 0.6) is 0 Å². The van der Waals surface area contributed by atoms with Crippen molar-refractivity contribution in [3.8, 4) is 0 Å². The van der Waals surface area contributed by atoms with Crippen LogP contribution >= 0.6 is 0 Å². The number of hydrogen-bond acceptors (Lipinski definition) is 3. The first kappa shape index (κ1) is 11.5. The molecule has 0 aromatic rings. The summed E-state index contributed by atoms with van der Waals surface area (Å²) >= 11 is 0. The topological polar surface area (TPSA) is 55.8 Å².